The lowest BCUT2D eigenvalue weighted by molar-refractivity contribution is -0.192. The fourth-order valence-corrected chi connectivity index (χ4v) is 6.93. The number of rotatable bonds is 5. The smallest absolute Gasteiger partial charge is 0.475 e. The molecule has 0 aliphatic carbocycles. The topological polar surface area (TPSA) is 98.7 Å². The lowest BCUT2D eigenvalue weighted by atomic mass is 9.62. The number of carbonyl (C=O) groups is 3. The Hall–Kier alpha value is -2.73. The summed E-state index contributed by atoms with van der Waals surface area (Å²) in [6.07, 6.45) is -4.09. The first kappa shape index (κ1) is 33.2. The number of benzene rings is 2. The molecule has 0 unspecified atom stereocenters. The highest BCUT2D eigenvalue weighted by molar-refractivity contribution is 6.31. The van der Waals surface area contributed by atoms with Crippen LogP contribution in [0.2, 0.25) is 10.0 Å². The van der Waals surface area contributed by atoms with Crippen LogP contribution in [0, 0.1) is 17.2 Å². The van der Waals surface area contributed by atoms with Gasteiger partial charge in [-0.3, -0.25) is 9.59 Å². The largest absolute Gasteiger partial charge is 0.490 e. The molecule has 0 saturated carbocycles. The third-order valence-corrected chi connectivity index (χ3v) is 8.68. The number of amides is 1. The third kappa shape index (κ3) is 6.55. The van der Waals surface area contributed by atoms with Gasteiger partial charge in [0.1, 0.15) is 11.2 Å². The molecule has 2 aromatic rings. The minimum atomic E-state index is -5.08. The Morgan fingerprint density at radius 1 is 1.12 bits per heavy atom. The van der Waals surface area contributed by atoms with Gasteiger partial charge in [-0.05, 0) is 54.1 Å². The number of anilines is 1. The Bertz CT molecular complexity index is 1430. The molecule has 1 amide bonds. The number of carbonyl (C=O) groups excluding carboxylic acids is 2. The summed E-state index contributed by atoms with van der Waals surface area (Å²) in [6.45, 7) is 8.02. The van der Waals surface area contributed by atoms with Gasteiger partial charge in [0.15, 0.2) is 5.78 Å². The summed E-state index contributed by atoms with van der Waals surface area (Å²) in [7, 11) is 2.03. The second kappa shape index (κ2) is 12.0. The molecule has 43 heavy (non-hydrogen) atoms. The van der Waals surface area contributed by atoms with E-state index in [1.807, 2.05) is 13.1 Å². The standard InChI is InChI=1S/C28H32Cl2FN3O2.C2HF3O2/c1-27(2,3)12-22-28(18-9-8-16(29)11-20(18)32-26(28)36)23(17-6-5-7-19(30)24(17)31)25(33-22)21(35)10-15-13-34(4)14-15;3-2(4,5)1(6)7/h5-9,11,15,22-23,25,33H,10,12-14H2,1-4H3,(H,32,36);(H,6,7)/t22-,23+,25+,28+;/m1./s1. The number of hydrogen-bond donors (Lipinski definition) is 3. The number of carboxylic acids is 1. The van der Waals surface area contributed by atoms with Gasteiger partial charge in [-0.2, -0.15) is 13.2 Å². The number of fused-ring (bicyclic) bond motifs is 2. The van der Waals surface area contributed by atoms with Crippen molar-refractivity contribution in [3.8, 4) is 0 Å². The van der Waals surface area contributed by atoms with Crippen LogP contribution < -0.4 is 10.6 Å². The number of hydrogen-bond acceptors (Lipinski definition) is 5. The Balaban J connectivity index is 0.000000541. The molecular weight excluding hydrogens is 613 g/mol. The van der Waals surface area contributed by atoms with Gasteiger partial charge in [0.05, 0.1) is 11.1 Å². The van der Waals surface area contributed by atoms with E-state index < -0.39 is 41.4 Å². The summed E-state index contributed by atoms with van der Waals surface area (Å²) in [4.78, 5) is 39.0. The quantitative estimate of drug-likeness (QED) is 0.343. The maximum absolute atomic E-state index is 15.7. The van der Waals surface area contributed by atoms with Gasteiger partial charge in [-0.15, -0.1) is 0 Å². The maximum atomic E-state index is 15.7. The molecule has 1 spiro atoms. The molecule has 4 atom stereocenters. The molecule has 0 radical (unpaired) electrons. The third-order valence-electron chi connectivity index (χ3n) is 8.16. The zero-order chi connectivity index (χ0) is 32.1. The van der Waals surface area contributed by atoms with Crippen molar-refractivity contribution in [3.63, 3.8) is 0 Å². The average Bonchev–Trinajstić information content (AvgIpc) is 3.33. The monoisotopic (exact) mass is 645 g/mol. The van der Waals surface area contributed by atoms with E-state index in [-0.39, 0.29) is 33.6 Å². The van der Waals surface area contributed by atoms with Crippen molar-refractivity contribution >= 4 is 46.5 Å². The minimum absolute atomic E-state index is 0.00322. The molecule has 13 heteroatoms. The summed E-state index contributed by atoms with van der Waals surface area (Å²) in [6, 6.07) is 9.02. The van der Waals surface area contributed by atoms with Crippen LogP contribution in [0.5, 0.6) is 0 Å². The lowest BCUT2D eigenvalue weighted by Gasteiger charge is -2.38. The van der Waals surface area contributed by atoms with Gasteiger partial charge in [-0.25, -0.2) is 9.18 Å². The number of nitrogens with zero attached hydrogens (tertiary/aromatic N) is 1. The fraction of sp³-hybridized carbons (Fsp3) is 0.500. The fourth-order valence-electron chi connectivity index (χ4n) is 6.57. The Morgan fingerprint density at radius 3 is 2.30 bits per heavy atom. The van der Waals surface area contributed by atoms with Crippen LogP contribution in [0.15, 0.2) is 36.4 Å². The van der Waals surface area contributed by atoms with Crippen molar-refractivity contribution in [1.82, 2.24) is 10.2 Å². The van der Waals surface area contributed by atoms with E-state index in [1.54, 1.807) is 24.3 Å². The van der Waals surface area contributed by atoms with E-state index in [2.05, 4.69) is 36.3 Å². The molecule has 3 N–H and O–H groups in total. The number of alkyl halides is 3. The van der Waals surface area contributed by atoms with Gasteiger partial charge in [0.2, 0.25) is 5.91 Å². The van der Waals surface area contributed by atoms with Crippen molar-refractivity contribution < 1.29 is 37.1 Å². The highest BCUT2D eigenvalue weighted by atomic mass is 35.5. The first-order valence-corrected chi connectivity index (χ1v) is 14.4. The van der Waals surface area contributed by atoms with Gasteiger partial charge in [0.25, 0.3) is 0 Å². The molecule has 0 aromatic heterocycles. The molecule has 2 aromatic carbocycles. The Labute approximate surface area is 256 Å². The van der Waals surface area contributed by atoms with E-state index in [9.17, 15) is 22.8 Å². The molecule has 3 heterocycles. The summed E-state index contributed by atoms with van der Waals surface area (Å²) < 4.78 is 47.5. The summed E-state index contributed by atoms with van der Waals surface area (Å²) in [5, 5.41) is 14.2. The number of aliphatic carboxylic acids is 1. The van der Waals surface area contributed by atoms with Crippen LogP contribution >= 0.6 is 23.2 Å². The van der Waals surface area contributed by atoms with Gasteiger partial charge in [-0.1, -0.05) is 62.2 Å². The number of ketones is 1. The van der Waals surface area contributed by atoms with Gasteiger partial charge < -0.3 is 20.6 Å². The molecule has 7 nitrogen and oxygen atoms in total. The van der Waals surface area contributed by atoms with Crippen LogP contribution in [0.4, 0.5) is 23.2 Å². The number of nitrogens with one attached hydrogen (secondary N) is 2. The molecule has 0 bridgehead atoms. The first-order valence-electron chi connectivity index (χ1n) is 13.7. The normalized spacial score (nSPS) is 25.5. The van der Waals surface area contributed by atoms with Crippen molar-refractivity contribution in [2.45, 2.75) is 63.2 Å². The highest BCUT2D eigenvalue weighted by Gasteiger charge is 2.66. The summed E-state index contributed by atoms with van der Waals surface area (Å²) >= 11 is 12.5. The molecular formula is C30H33Cl2F4N3O4. The van der Waals surface area contributed by atoms with Crippen molar-refractivity contribution in [2.75, 3.05) is 25.5 Å². The predicted molar refractivity (Wildman–Crippen MR) is 155 cm³/mol. The van der Waals surface area contributed by atoms with Crippen LogP contribution in [0.25, 0.3) is 0 Å². The van der Waals surface area contributed by atoms with Gasteiger partial charge in [0, 0.05) is 42.2 Å². The van der Waals surface area contributed by atoms with Crippen molar-refractivity contribution in [3.05, 3.63) is 63.4 Å². The molecule has 3 aliphatic rings. The molecule has 3 aliphatic heterocycles. The van der Waals surface area contributed by atoms with Crippen LogP contribution in [0.1, 0.15) is 50.7 Å². The first-order chi connectivity index (χ1) is 19.9. The molecule has 234 valence electrons. The highest BCUT2D eigenvalue weighted by Crippen LogP contribution is 2.57. The van der Waals surface area contributed by atoms with E-state index >= 15 is 4.39 Å². The van der Waals surface area contributed by atoms with E-state index in [4.69, 9.17) is 33.1 Å². The van der Waals surface area contributed by atoms with Crippen LogP contribution in [-0.4, -0.2) is 66.1 Å². The van der Waals surface area contributed by atoms with Crippen LogP contribution in [-0.2, 0) is 19.8 Å². The molecule has 5 rings (SSSR count). The van der Waals surface area contributed by atoms with E-state index in [0.29, 0.717) is 23.6 Å². The second-order valence-corrected chi connectivity index (χ2v) is 13.5. The molecule has 2 saturated heterocycles. The Kier molecular flexibility index (Phi) is 9.25. The number of halogens is 6. The second-order valence-electron chi connectivity index (χ2n) is 12.7. The Morgan fingerprint density at radius 2 is 1.74 bits per heavy atom. The summed E-state index contributed by atoms with van der Waals surface area (Å²) in [5.41, 5.74) is 0.270. The number of likely N-dealkylation sites (tertiary alicyclic amines) is 1. The van der Waals surface area contributed by atoms with Crippen LogP contribution in [0.3, 0.4) is 0 Å². The zero-order valence-electron chi connectivity index (χ0n) is 24.0. The zero-order valence-corrected chi connectivity index (χ0v) is 25.5. The average molecular weight is 647 g/mol. The minimum Gasteiger partial charge on any atom is -0.475 e. The molecule has 2 fully saturated rings. The van der Waals surface area contributed by atoms with Crippen molar-refractivity contribution in [1.29, 1.82) is 0 Å². The number of Topliss-reactive ketones (excluding diaryl/α,β-unsaturated/α-hetero) is 1. The number of carboxylic acid groups (broad SMARTS) is 1. The summed E-state index contributed by atoms with van der Waals surface area (Å²) in [5.74, 6) is -4.09. The predicted octanol–water partition coefficient (Wildman–Crippen LogP) is 6.04. The maximum Gasteiger partial charge on any atom is 0.490 e. The van der Waals surface area contributed by atoms with Crippen molar-refractivity contribution in [2.24, 2.45) is 11.3 Å². The van der Waals surface area contributed by atoms with E-state index in [1.165, 1.54) is 6.07 Å². The van der Waals surface area contributed by atoms with E-state index in [0.717, 1.165) is 18.7 Å². The lowest BCUT2D eigenvalue weighted by Crippen LogP contribution is -2.49. The SMILES string of the molecule is CN1CC(CC(=O)[C@@H]2N[C@H](CC(C)(C)C)[C@]3(C(=O)Nc4cc(Cl)ccc43)[C@H]2c2cccc(Cl)c2F)C1.O=C(O)C(F)(F)F. The van der Waals surface area contributed by atoms with Gasteiger partial charge >= 0.3 is 12.1 Å².